The molecule has 0 bridgehead atoms. The van der Waals surface area contributed by atoms with Gasteiger partial charge in [0.05, 0.1) is 11.2 Å². The van der Waals surface area contributed by atoms with E-state index in [4.69, 9.17) is 0 Å². The Balaban J connectivity index is 2.10. The number of pyridine rings is 1. The second-order valence-electron chi connectivity index (χ2n) is 9.47. The molecule has 2 aromatic carbocycles. The molecule has 0 aliphatic carbocycles. The largest absolute Gasteiger partial charge is 0.311 e. The van der Waals surface area contributed by atoms with Gasteiger partial charge in [-0.2, -0.15) is 0 Å². The van der Waals surface area contributed by atoms with E-state index in [0.29, 0.717) is 29.8 Å². The number of amides is 1. The van der Waals surface area contributed by atoms with E-state index in [-0.39, 0.29) is 29.1 Å². The highest BCUT2D eigenvalue weighted by Gasteiger charge is 2.22. The number of fused-ring (bicyclic) bond motifs is 1. The minimum absolute atomic E-state index is 0.0298. The topological polar surface area (TPSA) is 59.4 Å². The molecule has 33 heavy (non-hydrogen) atoms. The van der Waals surface area contributed by atoms with Gasteiger partial charge in [0.1, 0.15) is 0 Å². The van der Waals surface area contributed by atoms with Gasteiger partial charge in [-0.25, -0.2) is 0 Å². The van der Waals surface area contributed by atoms with Crippen molar-refractivity contribution in [1.29, 1.82) is 0 Å². The lowest BCUT2D eigenvalue weighted by atomic mass is 9.96. The Morgan fingerprint density at radius 1 is 1.00 bits per heavy atom. The molecule has 0 saturated heterocycles. The number of hydrogen-bond donors (Lipinski definition) is 0. The van der Waals surface area contributed by atoms with Crippen molar-refractivity contribution in [3.05, 3.63) is 75.1 Å². The molecule has 0 aliphatic rings. The summed E-state index contributed by atoms with van der Waals surface area (Å²) < 4.78 is 1.72. The monoisotopic (exact) mass is 446 g/mol. The van der Waals surface area contributed by atoms with E-state index in [9.17, 15) is 14.4 Å². The zero-order valence-electron chi connectivity index (χ0n) is 20.7. The molecule has 0 N–H and O–H groups in total. The van der Waals surface area contributed by atoms with Gasteiger partial charge in [0.15, 0.2) is 5.78 Å². The first-order valence-electron chi connectivity index (χ1n) is 11.6. The lowest BCUT2D eigenvalue weighted by Crippen LogP contribution is -2.28. The molecule has 5 heteroatoms. The van der Waals surface area contributed by atoms with Crippen LogP contribution in [0, 0.1) is 12.8 Å². The maximum atomic E-state index is 13.5. The Labute approximate surface area is 196 Å². The number of carbonyl (C=O) groups excluding carboxylic acids is 2. The van der Waals surface area contributed by atoms with Gasteiger partial charge in [-0.3, -0.25) is 14.4 Å². The predicted molar refractivity (Wildman–Crippen MR) is 136 cm³/mol. The predicted octanol–water partition coefficient (Wildman–Crippen LogP) is 5.96. The molecule has 1 aromatic heterocycles. The molecule has 0 unspecified atom stereocenters. The van der Waals surface area contributed by atoms with Crippen LogP contribution in [0.4, 0.5) is 5.69 Å². The van der Waals surface area contributed by atoms with Crippen molar-refractivity contribution in [2.75, 3.05) is 11.9 Å². The molecule has 0 saturated carbocycles. The van der Waals surface area contributed by atoms with Crippen LogP contribution in [0.1, 0.15) is 78.8 Å². The van der Waals surface area contributed by atoms with Crippen LogP contribution in [0.5, 0.6) is 0 Å². The lowest BCUT2D eigenvalue weighted by Gasteiger charge is -2.22. The molecule has 1 heterocycles. The highest BCUT2D eigenvalue weighted by molar-refractivity contribution is 6.11. The number of aryl methyl sites for hydroxylation is 2. The molecule has 0 radical (unpaired) electrons. The van der Waals surface area contributed by atoms with Crippen molar-refractivity contribution in [2.45, 2.75) is 60.4 Å². The van der Waals surface area contributed by atoms with E-state index in [1.54, 1.807) is 28.6 Å². The fourth-order valence-corrected chi connectivity index (χ4v) is 4.30. The van der Waals surface area contributed by atoms with Crippen LogP contribution in [0.2, 0.25) is 0 Å². The molecule has 0 aliphatic heterocycles. The van der Waals surface area contributed by atoms with Crippen molar-refractivity contribution >= 4 is 28.3 Å². The first-order chi connectivity index (χ1) is 15.5. The summed E-state index contributed by atoms with van der Waals surface area (Å²) in [4.78, 5) is 40.6. The molecule has 3 rings (SSSR count). The number of nitrogens with zero attached hydrogens (tertiary/aromatic N) is 2. The molecular formula is C28H34N2O3. The Morgan fingerprint density at radius 3 is 2.30 bits per heavy atom. The van der Waals surface area contributed by atoms with E-state index in [2.05, 4.69) is 0 Å². The Kier molecular flexibility index (Phi) is 7.21. The average Bonchev–Trinajstić information content (AvgIpc) is 2.76. The summed E-state index contributed by atoms with van der Waals surface area (Å²) >= 11 is 0. The fraction of sp³-hybridized carbons (Fsp3) is 0.393. The minimum atomic E-state index is -0.191. The number of rotatable bonds is 7. The highest BCUT2D eigenvalue weighted by atomic mass is 16.2. The third-order valence-electron chi connectivity index (χ3n) is 6.04. The molecule has 3 aromatic rings. The Morgan fingerprint density at radius 2 is 1.70 bits per heavy atom. The van der Waals surface area contributed by atoms with Gasteiger partial charge < -0.3 is 9.47 Å². The first-order valence-corrected chi connectivity index (χ1v) is 11.6. The van der Waals surface area contributed by atoms with Gasteiger partial charge in [0.2, 0.25) is 0 Å². The second-order valence-corrected chi connectivity index (χ2v) is 9.47. The number of ketones is 1. The number of anilines is 1. The number of Topliss-reactive ketones (excluding diaryl/α,β-unsaturated/α-hetero) is 1. The molecular weight excluding hydrogens is 412 g/mol. The van der Waals surface area contributed by atoms with Crippen molar-refractivity contribution in [3.63, 3.8) is 0 Å². The van der Waals surface area contributed by atoms with Crippen molar-refractivity contribution < 1.29 is 9.59 Å². The van der Waals surface area contributed by atoms with E-state index in [1.807, 2.05) is 71.9 Å². The SMILES string of the molecule is CCn1c(=O)cc(C(C)C)c2cc(C(=O)N(C)c3ccc(C)cc3C(=O)CC(C)C)ccc21. The molecule has 0 atom stereocenters. The Hall–Kier alpha value is -3.21. The average molecular weight is 447 g/mol. The summed E-state index contributed by atoms with van der Waals surface area (Å²) in [6, 6.07) is 12.8. The van der Waals surface area contributed by atoms with Gasteiger partial charge in [-0.05, 0) is 61.6 Å². The third kappa shape index (κ3) is 4.92. The van der Waals surface area contributed by atoms with E-state index in [0.717, 1.165) is 22.0 Å². The van der Waals surface area contributed by atoms with Crippen LogP contribution in [0.3, 0.4) is 0 Å². The van der Waals surface area contributed by atoms with Crippen LogP contribution in [0.15, 0.2) is 47.3 Å². The van der Waals surface area contributed by atoms with Gasteiger partial charge in [-0.1, -0.05) is 39.3 Å². The highest BCUT2D eigenvalue weighted by Crippen LogP contribution is 2.28. The first kappa shape index (κ1) is 24.4. The van der Waals surface area contributed by atoms with Gasteiger partial charge >= 0.3 is 0 Å². The van der Waals surface area contributed by atoms with Crippen LogP contribution in [-0.2, 0) is 6.54 Å². The summed E-state index contributed by atoms with van der Waals surface area (Å²) in [6.45, 7) is 12.6. The van der Waals surface area contributed by atoms with Crippen molar-refractivity contribution in [1.82, 2.24) is 4.57 Å². The zero-order chi connectivity index (χ0) is 24.4. The van der Waals surface area contributed by atoms with Gasteiger partial charge in [0.25, 0.3) is 11.5 Å². The molecule has 0 fully saturated rings. The zero-order valence-corrected chi connectivity index (χ0v) is 20.7. The molecule has 0 spiro atoms. The maximum absolute atomic E-state index is 13.5. The standard InChI is InChI=1S/C28H34N2O3/c1-8-30-25-12-10-20(15-22(25)21(18(4)5)16-27(30)32)28(33)29(7)24-11-9-19(6)14-23(24)26(31)13-17(2)3/h9-12,14-18H,8,13H2,1-7H3. The number of hydrogen-bond acceptors (Lipinski definition) is 3. The summed E-state index contributed by atoms with van der Waals surface area (Å²) in [6.07, 6.45) is 0.431. The normalized spacial score (nSPS) is 11.4. The Bertz CT molecular complexity index is 1270. The third-order valence-corrected chi connectivity index (χ3v) is 6.04. The van der Waals surface area contributed by atoms with Crippen molar-refractivity contribution in [3.8, 4) is 0 Å². The van der Waals surface area contributed by atoms with Crippen LogP contribution in [-0.4, -0.2) is 23.3 Å². The van der Waals surface area contributed by atoms with Crippen LogP contribution in [0.25, 0.3) is 10.9 Å². The summed E-state index contributed by atoms with van der Waals surface area (Å²) in [5, 5.41) is 0.908. The minimum Gasteiger partial charge on any atom is -0.311 e. The summed E-state index contributed by atoms with van der Waals surface area (Å²) in [5.74, 6) is 0.226. The van der Waals surface area contributed by atoms with E-state index < -0.39 is 0 Å². The van der Waals surface area contributed by atoms with Crippen LogP contribution >= 0.6 is 0 Å². The quantitative estimate of drug-likeness (QED) is 0.421. The molecule has 174 valence electrons. The molecule has 5 nitrogen and oxygen atoms in total. The molecule has 1 amide bonds. The number of carbonyl (C=O) groups is 2. The van der Waals surface area contributed by atoms with Gasteiger partial charge in [0, 0.05) is 42.6 Å². The lowest BCUT2D eigenvalue weighted by molar-refractivity contribution is 0.0968. The van der Waals surface area contributed by atoms with Gasteiger partial charge in [-0.15, -0.1) is 0 Å². The number of benzene rings is 2. The van der Waals surface area contributed by atoms with Crippen molar-refractivity contribution in [2.24, 2.45) is 5.92 Å². The van der Waals surface area contributed by atoms with Crippen LogP contribution < -0.4 is 10.5 Å². The summed E-state index contributed by atoms with van der Waals surface area (Å²) in [5.41, 5.74) is 4.42. The summed E-state index contributed by atoms with van der Waals surface area (Å²) in [7, 11) is 1.71. The van der Waals surface area contributed by atoms with E-state index in [1.165, 1.54) is 0 Å². The second kappa shape index (κ2) is 9.74. The van der Waals surface area contributed by atoms with E-state index >= 15 is 0 Å². The fourth-order valence-electron chi connectivity index (χ4n) is 4.30. The number of aromatic nitrogens is 1. The maximum Gasteiger partial charge on any atom is 0.258 e. The smallest absolute Gasteiger partial charge is 0.258 e.